The first kappa shape index (κ1) is 12.0. The lowest BCUT2D eigenvalue weighted by Gasteiger charge is -2.10. The summed E-state index contributed by atoms with van der Waals surface area (Å²) in [5.41, 5.74) is 7.18. The molecule has 2 rings (SSSR count). The first-order chi connectivity index (χ1) is 6.25. The molecule has 78 valence electrons. The Bertz CT molecular complexity index is 302. The van der Waals surface area contributed by atoms with Crippen molar-refractivity contribution in [2.75, 3.05) is 0 Å². The highest BCUT2D eigenvalue weighted by molar-refractivity contribution is 9.10. The zero-order valence-electron chi connectivity index (χ0n) is 7.82. The van der Waals surface area contributed by atoms with Crippen molar-refractivity contribution in [1.82, 2.24) is 4.98 Å². The second kappa shape index (κ2) is 5.10. The summed E-state index contributed by atoms with van der Waals surface area (Å²) in [7, 11) is 0. The number of halogens is 2. The van der Waals surface area contributed by atoms with E-state index in [2.05, 4.69) is 27.0 Å². The number of pyridine rings is 1. The fourth-order valence-electron chi connectivity index (χ4n) is 1.48. The van der Waals surface area contributed by atoms with Crippen LogP contribution in [-0.4, -0.2) is 4.98 Å². The Morgan fingerprint density at radius 3 is 2.79 bits per heavy atom. The van der Waals surface area contributed by atoms with Gasteiger partial charge >= 0.3 is 0 Å². The van der Waals surface area contributed by atoms with E-state index in [9.17, 15) is 0 Å². The maximum Gasteiger partial charge on any atom is 0.0410 e. The molecule has 1 fully saturated rings. The quantitative estimate of drug-likeness (QED) is 0.922. The highest BCUT2D eigenvalue weighted by atomic mass is 79.9. The zero-order valence-corrected chi connectivity index (χ0v) is 10.2. The van der Waals surface area contributed by atoms with Crippen molar-refractivity contribution in [1.29, 1.82) is 0 Å². The predicted molar refractivity (Wildman–Crippen MR) is 63.5 cm³/mol. The van der Waals surface area contributed by atoms with E-state index in [1.165, 1.54) is 12.8 Å². The Morgan fingerprint density at radius 1 is 1.50 bits per heavy atom. The summed E-state index contributed by atoms with van der Waals surface area (Å²) >= 11 is 3.39. The minimum atomic E-state index is 0. The van der Waals surface area contributed by atoms with Gasteiger partial charge in [-0.2, -0.15) is 0 Å². The van der Waals surface area contributed by atoms with Crippen LogP contribution in [0, 0.1) is 5.92 Å². The smallest absolute Gasteiger partial charge is 0.0410 e. The molecule has 0 saturated heterocycles. The SMILES string of the molecule is Cl.N[C@H](CC1CC1)c1cncc(Br)c1. The Kier molecular flexibility index (Phi) is 4.35. The summed E-state index contributed by atoms with van der Waals surface area (Å²) in [6.07, 6.45) is 7.47. The molecule has 0 spiro atoms. The van der Waals surface area contributed by atoms with Gasteiger partial charge in [-0.15, -0.1) is 12.4 Å². The Hall–Kier alpha value is -0.120. The van der Waals surface area contributed by atoms with Crippen LogP contribution in [0.25, 0.3) is 0 Å². The van der Waals surface area contributed by atoms with E-state index in [1.807, 2.05) is 6.20 Å². The molecule has 1 aliphatic rings. The van der Waals surface area contributed by atoms with Gasteiger partial charge < -0.3 is 5.73 Å². The summed E-state index contributed by atoms with van der Waals surface area (Å²) in [5, 5.41) is 0. The van der Waals surface area contributed by atoms with Gasteiger partial charge in [0.2, 0.25) is 0 Å². The average molecular weight is 278 g/mol. The molecule has 2 N–H and O–H groups in total. The summed E-state index contributed by atoms with van der Waals surface area (Å²) in [5.74, 6) is 0.869. The van der Waals surface area contributed by atoms with Crippen LogP contribution in [0.2, 0.25) is 0 Å². The molecule has 0 amide bonds. The molecule has 0 aromatic carbocycles. The average Bonchev–Trinajstić information content (AvgIpc) is 2.88. The van der Waals surface area contributed by atoms with Crippen LogP contribution in [0.1, 0.15) is 30.9 Å². The fourth-order valence-corrected chi connectivity index (χ4v) is 1.86. The molecule has 1 aliphatic carbocycles. The lowest BCUT2D eigenvalue weighted by atomic mass is 10.0. The number of hydrogen-bond acceptors (Lipinski definition) is 2. The van der Waals surface area contributed by atoms with Gasteiger partial charge in [0.1, 0.15) is 0 Å². The summed E-state index contributed by atoms with van der Waals surface area (Å²) in [4.78, 5) is 4.11. The lowest BCUT2D eigenvalue weighted by molar-refractivity contribution is 0.595. The van der Waals surface area contributed by atoms with Crippen molar-refractivity contribution < 1.29 is 0 Å². The van der Waals surface area contributed by atoms with Crippen LogP contribution in [0.5, 0.6) is 0 Å². The van der Waals surface area contributed by atoms with E-state index in [0.717, 1.165) is 22.4 Å². The zero-order chi connectivity index (χ0) is 9.26. The molecule has 1 heterocycles. The molecule has 14 heavy (non-hydrogen) atoms. The standard InChI is InChI=1S/C10H13BrN2.ClH/c11-9-4-8(5-13-6-9)10(12)3-7-1-2-7;/h4-7,10H,1-3,12H2;1H/t10-;/m1./s1. The minimum absolute atomic E-state index is 0. The van der Waals surface area contributed by atoms with Crippen LogP contribution in [-0.2, 0) is 0 Å². The summed E-state index contributed by atoms with van der Waals surface area (Å²) in [6, 6.07) is 2.22. The number of nitrogens with two attached hydrogens (primary N) is 1. The molecule has 1 saturated carbocycles. The van der Waals surface area contributed by atoms with Gasteiger partial charge in [0.15, 0.2) is 0 Å². The molecular weight excluding hydrogens is 263 g/mol. The summed E-state index contributed by atoms with van der Waals surface area (Å²) in [6.45, 7) is 0. The Labute approximate surface area is 98.8 Å². The second-order valence-electron chi connectivity index (χ2n) is 3.72. The highest BCUT2D eigenvalue weighted by Gasteiger charge is 2.24. The third kappa shape index (κ3) is 3.23. The topological polar surface area (TPSA) is 38.9 Å². The number of nitrogens with zero attached hydrogens (tertiary/aromatic N) is 1. The van der Waals surface area contributed by atoms with Crippen molar-refractivity contribution in [3.8, 4) is 0 Å². The molecular formula is C10H14BrClN2. The van der Waals surface area contributed by atoms with Crippen molar-refractivity contribution in [3.63, 3.8) is 0 Å². The second-order valence-corrected chi connectivity index (χ2v) is 4.64. The molecule has 0 unspecified atom stereocenters. The van der Waals surface area contributed by atoms with Crippen molar-refractivity contribution >= 4 is 28.3 Å². The van der Waals surface area contributed by atoms with E-state index in [0.29, 0.717) is 0 Å². The fraction of sp³-hybridized carbons (Fsp3) is 0.500. The van der Waals surface area contributed by atoms with Crippen LogP contribution < -0.4 is 5.73 Å². The van der Waals surface area contributed by atoms with Crippen LogP contribution in [0.4, 0.5) is 0 Å². The maximum absolute atomic E-state index is 6.04. The van der Waals surface area contributed by atoms with E-state index < -0.39 is 0 Å². The number of rotatable bonds is 3. The monoisotopic (exact) mass is 276 g/mol. The van der Waals surface area contributed by atoms with Gasteiger partial charge in [-0.3, -0.25) is 4.98 Å². The highest BCUT2D eigenvalue weighted by Crippen LogP contribution is 2.36. The molecule has 0 bridgehead atoms. The summed E-state index contributed by atoms with van der Waals surface area (Å²) < 4.78 is 1.01. The van der Waals surface area contributed by atoms with E-state index in [-0.39, 0.29) is 18.4 Å². The van der Waals surface area contributed by atoms with Crippen molar-refractivity contribution in [2.24, 2.45) is 11.7 Å². The molecule has 2 nitrogen and oxygen atoms in total. The van der Waals surface area contributed by atoms with Crippen molar-refractivity contribution in [3.05, 3.63) is 28.5 Å². The van der Waals surface area contributed by atoms with Gasteiger partial charge in [0.25, 0.3) is 0 Å². The predicted octanol–water partition coefficient (Wildman–Crippen LogP) is 3.07. The first-order valence-electron chi connectivity index (χ1n) is 4.62. The minimum Gasteiger partial charge on any atom is -0.324 e. The lowest BCUT2D eigenvalue weighted by Crippen LogP contribution is -2.11. The van der Waals surface area contributed by atoms with E-state index in [4.69, 9.17) is 5.73 Å². The van der Waals surface area contributed by atoms with Gasteiger partial charge in [0.05, 0.1) is 0 Å². The maximum atomic E-state index is 6.04. The van der Waals surface area contributed by atoms with Gasteiger partial charge in [-0.1, -0.05) is 12.8 Å². The van der Waals surface area contributed by atoms with E-state index in [1.54, 1.807) is 6.20 Å². The molecule has 1 aromatic rings. The van der Waals surface area contributed by atoms with E-state index >= 15 is 0 Å². The van der Waals surface area contributed by atoms with Gasteiger partial charge in [-0.05, 0) is 39.9 Å². The number of hydrogen-bond donors (Lipinski definition) is 1. The van der Waals surface area contributed by atoms with Crippen LogP contribution >= 0.6 is 28.3 Å². The Morgan fingerprint density at radius 2 is 2.21 bits per heavy atom. The molecule has 0 aliphatic heterocycles. The first-order valence-corrected chi connectivity index (χ1v) is 5.41. The largest absolute Gasteiger partial charge is 0.324 e. The molecule has 0 radical (unpaired) electrons. The number of aromatic nitrogens is 1. The third-order valence-electron chi connectivity index (χ3n) is 2.44. The van der Waals surface area contributed by atoms with Gasteiger partial charge in [0, 0.05) is 22.9 Å². The molecule has 4 heteroatoms. The normalized spacial score (nSPS) is 17.3. The van der Waals surface area contributed by atoms with Crippen LogP contribution in [0.15, 0.2) is 22.9 Å². The third-order valence-corrected chi connectivity index (χ3v) is 2.87. The van der Waals surface area contributed by atoms with Crippen LogP contribution in [0.3, 0.4) is 0 Å². The Balaban J connectivity index is 0.000000980. The molecule has 1 aromatic heterocycles. The van der Waals surface area contributed by atoms with Crippen molar-refractivity contribution in [2.45, 2.75) is 25.3 Å². The van der Waals surface area contributed by atoms with Gasteiger partial charge in [-0.25, -0.2) is 0 Å². The molecule has 1 atom stereocenters.